The minimum absolute atomic E-state index is 0.0615. The fraction of sp³-hybridized carbons (Fsp3) is 0.562. The minimum atomic E-state index is -0.0615. The molecule has 19 heavy (non-hydrogen) atoms. The van der Waals surface area contributed by atoms with E-state index in [1.54, 1.807) is 0 Å². The zero-order valence-corrected chi connectivity index (χ0v) is 12.1. The highest BCUT2D eigenvalue weighted by Gasteiger charge is 2.27. The molecule has 1 unspecified atom stereocenters. The SMILES string of the molecule is CCN(CC(C)C)C(=O)C1Cc2ccccc2CN1. The van der Waals surface area contributed by atoms with E-state index in [1.165, 1.54) is 11.1 Å². The Bertz CT molecular complexity index is 442. The lowest BCUT2D eigenvalue weighted by Gasteiger charge is -2.31. The van der Waals surface area contributed by atoms with Gasteiger partial charge in [0.15, 0.2) is 0 Å². The summed E-state index contributed by atoms with van der Waals surface area (Å²) in [5, 5.41) is 3.37. The second-order valence-electron chi connectivity index (χ2n) is 5.68. The van der Waals surface area contributed by atoms with Crippen LogP contribution in [0.2, 0.25) is 0 Å². The van der Waals surface area contributed by atoms with Gasteiger partial charge in [0.25, 0.3) is 0 Å². The van der Waals surface area contributed by atoms with Gasteiger partial charge in [0.2, 0.25) is 5.91 Å². The van der Waals surface area contributed by atoms with Gasteiger partial charge < -0.3 is 10.2 Å². The third-order valence-corrected chi connectivity index (χ3v) is 3.66. The average Bonchev–Trinajstić information content (AvgIpc) is 2.43. The fourth-order valence-corrected chi connectivity index (χ4v) is 2.67. The lowest BCUT2D eigenvalue weighted by Crippen LogP contribution is -2.50. The number of carbonyl (C=O) groups excluding carboxylic acids is 1. The van der Waals surface area contributed by atoms with Crippen LogP contribution < -0.4 is 5.32 Å². The summed E-state index contributed by atoms with van der Waals surface area (Å²) in [6.07, 6.45) is 0.809. The molecule has 0 spiro atoms. The third-order valence-electron chi connectivity index (χ3n) is 3.66. The Kier molecular flexibility index (Phi) is 4.59. The van der Waals surface area contributed by atoms with Crippen LogP contribution in [0.4, 0.5) is 0 Å². The van der Waals surface area contributed by atoms with Crippen LogP contribution in [0.5, 0.6) is 0 Å². The molecule has 0 bridgehead atoms. The number of hydrogen-bond donors (Lipinski definition) is 1. The number of fused-ring (bicyclic) bond motifs is 1. The van der Waals surface area contributed by atoms with Gasteiger partial charge in [-0.3, -0.25) is 4.79 Å². The van der Waals surface area contributed by atoms with Crippen LogP contribution >= 0.6 is 0 Å². The van der Waals surface area contributed by atoms with Crippen molar-refractivity contribution in [3.05, 3.63) is 35.4 Å². The first-order chi connectivity index (χ1) is 9.11. The van der Waals surface area contributed by atoms with Gasteiger partial charge in [0.05, 0.1) is 6.04 Å². The largest absolute Gasteiger partial charge is 0.341 e. The second-order valence-corrected chi connectivity index (χ2v) is 5.68. The van der Waals surface area contributed by atoms with E-state index in [-0.39, 0.29) is 11.9 Å². The monoisotopic (exact) mass is 260 g/mol. The molecule has 1 N–H and O–H groups in total. The number of nitrogens with zero attached hydrogens (tertiary/aromatic N) is 1. The summed E-state index contributed by atoms with van der Waals surface area (Å²) in [6, 6.07) is 8.31. The van der Waals surface area contributed by atoms with Crippen molar-refractivity contribution in [2.45, 2.75) is 39.8 Å². The van der Waals surface area contributed by atoms with Crippen molar-refractivity contribution < 1.29 is 4.79 Å². The van der Waals surface area contributed by atoms with E-state index in [9.17, 15) is 4.79 Å². The molecule has 1 atom stereocenters. The molecule has 0 saturated carbocycles. The van der Waals surface area contributed by atoms with Crippen molar-refractivity contribution >= 4 is 5.91 Å². The molecule has 104 valence electrons. The third kappa shape index (κ3) is 3.35. The van der Waals surface area contributed by atoms with E-state index in [4.69, 9.17) is 0 Å². The van der Waals surface area contributed by atoms with Crippen LogP contribution in [0.15, 0.2) is 24.3 Å². The van der Waals surface area contributed by atoms with Gasteiger partial charge in [0, 0.05) is 19.6 Å². The highest BCUT2D eigenvalue weighted by molar-refractivity contribution is 5.82. The molecule has 0 fully saturated rings. The Morgan fingerprint density at radius 1 is 1.37 bits per heavy atom. The van der Waals surface area contributed by atoms with Crippen molar-refractivity contribution in [2.24, 2.45) is 5.92 Å². The molecule has 1 aromatic rings. The molecular weight excluding hydrogens is 236 g/mol. The van der Waals surface area contributed by atoms with Gasteiger partial charge in [-0.2, -0.15) is 0 Å². The predicted octanol–water partition coefficient (Wildman–Crippen LogP) is 2.21. The normalized spacial score (nSPS) is 18.2. The molecule has 0 radical (unpaired) electrons. The first-order valence-corrected chi connectivity index (χ1v) is 7.20. The van der Waals surface area contributed by atoms with Crippen molar-refractivity contribution in [1.29, 1.82) is 0 Å². The van der Waals surface area contributed by atoms with Crippen molar-refractivity contribution in [3.63, 3.8) is 0 Å². The van der Waals surface area contributed by atoms with E-state index in [0.29, 0.717) is 5.92 Å². The van der Waals surface area contributed by atoms with Crippen LogP contribution in [0, 0.1) is 5.92 Å². The smallest absolute Gasteiger partial charge is 0.240 e. The second kappa shape index (κ2) is 6.20. The maximum absolute atomic E-state index is 12.5. The number of nitrogens with one attached hydrogen (secondary N) is 1. The number of benzene rings is 1. The average molecular weight is 260 g/mol. The molecule has 1 aliphatic heterocycles. The Morgan fingerprint density at radius 2 is 2.05 bits per heavy atom. The summed E-state index contributed by atoms with van der Waals surface area (Å²) in [5.41, 5.74) is 2.62. The molecule has 3 nitrogen and oxygen atoms in total. The number of likely N-dealkylation sites (N-methyl/N-ethyl adjacent to an activating group) is 1. The predicted molar refractivity (Wildman–Crippen MR) is 77.9 cm³/mol. The van der Waals surface area contributed by atoms with E-state index >= 15 is 0 Å². The Balaban J connectivity index is 2.05. The highest BCUT2D eigenvalue weighted by Crippen LogP contribution is 2.17. The fourth-order valence-electron chi connectivity index (χ4n) is 2.67. The van der Waals surface area contributed by atoms with Crippen molar-refractivity contribution in [1.82, 2.24) is 10.2 Å². The van der Waals surface area contributed by atoms with E-state index in [2.05, 4.69) is 50.4 Å². The molecule has 3 heteroatoms. The van der Waals surface area contributed by atoms with Gasteiger partial charge in [-0.05, 0) is 30.4 Å². The zero-order valence-electron chi connectivity index (χ0n) is 12.1. The first-order valence-electron chi connectivity index (χ1n) is 7.20. The summed E-state index contributed by atoms with van der Waals surface area (Å²) in [7, 11) is 0. The lowest BCUT2D eigenvalue weighted by molar-refractivity contribution is -0.134. The van der Waals surface area contributed by atoms with Crippen LogP contribution in [-0.2, 0) is 17.8 Å². The zero-order chi connectivity index (χ0) is 13.8. The number of rotatable bonds is 4. The van der Waals surface area contributed by atoms with Gasteiger partial charge in [-0.25, -0.2) is 0 Å². The summed E-state index contributed by atoms with van der Waals surface area (Å²) < 4.78 is 0. The van der Waals surface area contributed by atoms with Crippen LogP contribution in [0.25, 0.3) is 0 Å². The molecule has 1 aliphatic rings. The molecule has 2 rings (SSSR count). The standard InChI is InChI=1S/C16H24N2O/c1-4-18(11-12(2)3)16(19)15-9-13-7-5-6-8-14(13)10-17-15/h5-8,12,15,17H,4,9-11H2,1-3H3. The maximum Gasteiger partial charge on any atom is 0.240 e. The van der Waals surface area contributed by atoms with Crippen LogP contribution in [-0.4, -0.2) is 29.9 Å². The minimum Gasteiger partial charge on any atom is -0.341 e. The number of amides is 1. The van der Waals surface area contributed by atoms with E-state index < -0.39 is 0 Å². The van der Waals surface area contributed by atoms with Gasteiger partial charge >= 0.3 is 0 Å². The molecule has 1 heterocycles. The molecular formula is C16H24N2O. The molecule has 1 aromatic carbocycles. The van der Waals surface area contributed by atoms with Gasteiger partial charge in [-0.1, -0.05) is 38.1 Å². The van der Waals surface area contributed by atoms with Gasteiger partial charge in [0.1, 0.15) is 0 Å². The van der Waals surface area contributed by atoms with E-state index in [0.717, 1.165) is 26.1 Å². The highest BCUT2D eigenvalue weighted by atomic mass is 16.2. The Hall–Kier alpha value is -1.35. The quantitative estimate of drug-likeness (QED) is 0.900. The summed E-state index contributed by atoms with van der Waals surface area (Å²) in [5.74, 6) is 0.755. The van der Waals surface area contributed by atoms with Gasteiger partial charge in [-0.15, -0.1) is 0 Å². The molecule has 0 aliphatic carbocycles. The summed E-state index contributed by atoms with van der Waals surface area (Å²) in [6.45, 7) is 8.79. The molecule has 0 aromatic heterocycles. The van der Waals surface area contributed by atoms with Crippen LogP contribution in [0.1, 0.15) is 31.9 Å². The van der Waals surface area contributed by atoms with Crippen molar-refractivity contribution in [3.8, 4) is 0 Å². The summed E-state index contributed by atoms with van der Waals surface area (Å²) >= 11 is 0. The van der Waals surface area contributed by atoms with Crippen molar-refractivity contribution in [2.75, 3.05) is 13.1 Å². The maximum atomic E-state index is 12.5. The van der Waals surface area contributed by atoms with Crippen LogP contribution in [0.3, 0.4) is 0 Å². The van der Waals surface area contributed by atoms with E-state index in [1.807, 2.05) is 4.90 Å². The summed E-state index contributed by atoms with van der Waals surface area (Å²) in [4.78, 5) is 14.5. The molecule has 1 amide bonds. The lowest BCUT2D eigenvalue weighted by atomic mass is 9.95. The topological polar surface area (TPSA) is 32.3 Å². The number of carbonyl (C=O) groups is 1. The Labute approximate surface area is 116 Å². The number of hydrogen-bond acceptors (Lipinski definition) is 2. The Morgan fingerprint density at radius 3 is 2.68 bits per heavy atom. The first kappa shape index (κ1) is 14.1. The molecule has 0 saturated heterocycles.